The first-order chi connectivity index (χ1) is 11.2. The monoisotopic (exact) mass is 332 g/mol. The molecule has 1 atom stereocenters. The predicted octanol–water partition coefficient (Wildman–Crippen LogP) is 3.05. The zero-order chi connectivity index (χ0) is 15.8. The minimum atomic E-state index is -0.124. The van der Waals surface area contributed by atoms with Crippen LogP contribution in [0, 0.1) is 0 Å². The number of thioether (sulfide) groups is 1. The van der Waals surface area contributed by atoms with Crippen molar-refractivity contribution in [3.63, 3.8) is 0 Å². The van der Waals surface area contributed by atoms with E-state index in [1.54, 1.807) is 6.26 Å². The standard InChI is InChI=1S/C16H20N4O2S/c1-10(13-3-2-8-22-13)17-14(21)9-23-16-19-18-15(11-4-5-11)20(16)12-6-7-12/h2-3,8,10-12H,4-7,9H2,1H3,(H,17,21). The molecule has 1 unspecified atom stereocenters. The van der Waals surface area contributed by atoms with Crippen molar-refractivity contribution >= 4 is 17.7 Å². The van der Waals surface area contributed by atoms with Gasteiger partial charge in [0.2, 0.25) is 5.91 Å². The van der Waals surface area contributed by atoms with Gasteiger partial charge in [-0.1, -0.05) is 11.8 Å². The molecule has 2 fully saturated rings. The maximum absolute atomic E-state index is 12.1. The molecule has 6 nitrogen and oxygen atoms in total. The van der Waals surface area contributed by atoms with E-state index in [1.165, 1.54) is 37.4 Å². The van der Waals surface area contributed by atoms with Gasteiger partial charge in [0, 0.05) is 12.0 Å². The van der Waals surface area contributed by atoms with Crippen LogP contribution in [0.4, 0.5) is 0 Å². The summed E-state index contributed by atoms with van der Waals surface area (Å²) in [6.45, 7) is 1.92. The number of amides is 1. The van der Waals surface area contributed by atoms with Gasteiger partial charge in [0.1, 0.15) is 11.6 Å². The van der Waals surface area contributed by atoms with Crippen molar-refractivity contribution in [1.29, 1.82) is 0 Å². The molecular formula is C16H20N4O2S. The van der Waals surface area contributed by atoms with E-state index in [-0.39, 0.29) is 11.9 Å². The highest BCUT2D eigenvalue weighted by Gasteiger charge is 2.36. The molecular weight excluding hydrogens is 312 g/mol. The first-order valence-corrected chi connectivity index (χ1v) is 9.11. The molecule has 1 N–H and O–H groups in total. The Hall–Kier alpha value is -1.76. The Morgan fingerprint density at radius 1 is 1.43 bits per heavy atom. The molecule has 2 aromatic heterocycles. The molecule has 0 radical (unpaired) electrons. The van der Waals surface area contributed by atoms with Crippen LogP contribution in [0.2, 0.25) is 0 Å². The van der Waals surface area contributed by atoms with Crippen molar-refractivity contribution in [1.82, 2.24) is 20.1 Å². The average Bonchev–Trinajstić information content (AvgIpc) is 3.47. The van der Waals surface area contributed by atoms with Gasteiger partial charge < -0.3 is 14.3 Å². The Morgan fingerprint density at radius 3 is 2.91 bits per heavy atom. The van der Waals surface area contributed by atoms with Gasteiger partial charge in [-0.25, -0.2) is 0 Å². The van der Waals surface area contributed by atoms with E-state index in [2.05, 4.69) is 20.1 Å². The molecule has 0 aromatic carbocycles. The summed E-state index contributed by atoms with van der Waals surface area (Å²) >= 11 is 1.48. The number of carbonyl (C=O) groups is 1. The first-order valence-electron chi connectivity index (χ1n) is 8.12. The molecule has 0 aliphatic heterocycles. The number of hydrogen-bond donors (Lipinski definition) is 1. The van der Waals surface area contributed by atoms with Gasteiger partial charge in [-0.2, -0.15) is 0 Å². The second kappa shape index (κ2) is 6.03. The van der Waals surface area contributed by atoms with Crippen LogP contribution in [0.1, 0.15) is 62.2 Å². The number of rotatable bonds is 7. The molecule has 2 heterocycles. The quantitative estimate of drug-likeness (QED) is 0.789. The Bertz CT molecular complexity index is 689. The van der Waals surface area contributed by atoms with Crippen LogP contribution in [-0.2, 0) is 4.79 Å². The third-order valence-corrected chi connectivity index (χ3v) is 5.17. The van der Waals surface area contributed by atoms with Gasteiger partial charge in [0.05, 0.1) is 18.1 Å². The first kappa shape index (κ1) is 14.8. The van der Waals surface area contributed by atoms with Gasteiger partial charge >= 0.3 is 0 Å². The van der Waals surface area contributed by atoms with Crippen molar-refractivity contribution in [2.24, 2.45) is 0 Å². The van der Waals surface area contributed by atoms with Gasteiger partial charge in [-0.15, -0.1) is 10.2 Å². The Morgan fingerprint density at radius 2 is 2.26 bits per heavy atom. The minimum absolute atomic E-state index is 0.0165. The van der Waals surface area contributed by atoms with Gasteiger partial charge in [0.25, 0.3) is 0 Å². The lowest BCUT2D eigenvalue weighted by Gasteiger charge is -2.11. The van der Waals surface area contributed by atoms with E-state index < -0.39 is 0 Å². The molecule has 0 bridgehead atoms. The molecule has 2 aromatic rings. The van der Waals surface area contributed by atoms with Gasteiger partial charge in [0.15, 0.2) is 5.16 Å². The van der Waals surface area contributed by atoms with E-state index in [0.717, 1.165) is 16.7 Å². The average molecular weight is 332 g/mol. The summed E-state index contributed by atoms with van der Waals surface area (Å²) in [6, 6.07) is 4.11. The maximum atomic E-state index is 12.1. The number of nitrogens with one attached hydrogen (secondary N) is 1. The Kier molecular flexibility index (Phi) is 3.88. The normalized spacial score (nSPS) is 18.8. The molecule has 0 spiro atoms. The zero-order valence-corrected chi connectivity index (χ0v) is 13.9. The van der Waals surface area contributed by atoms with Crippen LogP contribution < -0.4 is 5.32 Å². The smallest absolute Gasteiger partial charge is 0.231 e. The summed E-state index contributed by atoms with van der Waals surface area (Å²) in [4.78, 5) is 12.1. The zero-order valence-electron chi connectivity index (χ0n) is 13.1. The molecule has 7 heteroatoms. The number of aromatic nitrogens is 3. The molecule has 2 aliphatic carbocycles. The fraction of sp³-hybridized carbons (Fsp3) is 0.562. The fourth-order valence-corrected chi connectivity index (χ4v) is 3.53. The molecule has 1 amide bonds. The molecule has 122 valence electrons. The van der Waals surface area contributed by atoms with Gasteiger partial charge in [-0.05, 0) is 44.7 Å². The number of furan rings is 1. The molecule has 2 saturated carbocycles. The van der Waals surface area contributed by atoms with Crippen molar-refractivity contribution < 1.29 is 9.21 Å². The second-order valence-corrected chi connectivity index (χ2v) is 7.25. The van der Waals surface area contributed by atoms with E-state index >= 15 is 0 Å². The van der Waals surface area contributed by atoms with Crippen LogP contribution in [0.3, 0.4) is 0 Å². The Labute approximate surface area is 139 Å². The number of carbonyl (C=O) groups excluding carboxylic acids is 1. The highest BCUT2D eigenvalue weighted by atomic mass is 32.2. The van der Waals surface area contributed by atoms with E-state index in [1.807, 2.05) is 19.1 Å². The third kappa shape index (κ3) is 3.29. The Balaban J connectivity index is 1.36. The van der Waals surface area contributed by atoms with Crippen LogP contribution >= 0.6 is 11.8 Å². The van der Waals surface area contributed by atoms with E-state index in [4.69, 9.17) is 4.42 Å². The fourth-order valence-electron chi connectivity index (χ4n) is 2.70. The van der Waals surface area contributed by atoms with Crippen molar-refractivity contribution in [3.05, 3.63) is 30.0 Å². The van der Waals surface area contributed by atoms with E-state index in [9.17, 15) is 4.79 Å². The summed E-state index contributed by atoms with van der Waals surface area (Å²) in [7, 11) is 0. The molecule has 2 aliphatic rings. The van der Waals surface area contributed by atoms with Gasteiger partial charge in [-0.3, -0.25) is 4.79 Å². The maximum Gasteiger partial charge on any atom is 0.231 e. The molecule has 23 heavy (non-hydrogen) atoms. The van der Waals surface area contributed by atoms with Crippen LogP contribution in [0.15, 0.2) is 28.0 Å². The number of hydrogen-bond acceptors (Lipinski definition) is 5. The van der Waals surface area contributed by atoms with Crippen LogP contribution in [0.5, 0.6) is 0 Å². The second-order valence-electron chi connectivity index (χ2n) is 6.31. The van der Waals surface area contributed by atoms with Crippen LogP contribution in [-0.4, -0.2) is 26.4 Å². The topological polar surface area (TPSA) is 73.0 Å². The van der Waals surface area contributed by atoms with Crippen molar-refractivity contribution in [2.45, 2.75) is 55.8 Å². The lowest BCUT2D eigenvalue weighted by Crippen LogP contribution is -2.28. The number of nitrogens with zero attached hydrogens (tertiary/aromatic N) is 3. The summed E-state index contributed by atoms with van der Waals surface area (Å²) in [5, 5.41) is 12.5. The highest BCUT2D eigenvalue weighted by Crippen LogP contribution is 2.45. The van der Waals surface area contributed by atoms with Crippen molar-refractivity contribution in [3.8, 4) is 0 Å². The minimum Gasteiger partial charge on any atom is -0.467 e. The molecule has 4 rings (SSSR count). The lowest BCUT2D eigenvalue weighted by molar-refractivity contribution is -0.119. The SMILES string of the molecule is CC(NC(=O)CSc1nnc(C2CC2)n1C1CC1)c1ccco1. The summed E-state index contributed by atoms with van der Waals surface area (Å²) in [6.07, 6.45) is 6.46. The van der Waals surface area contributed by atoms with Crippen LogP contribution in [0.25, 0.3) is 0 Å². The van der Waals surface area contributed by atoms with E-state index in [0.29, 0.717) is 17.7 Å². The summed E-state index contributed by atoms with van der Waals surface area (Å²) in [5.74, 6) is 2.81. The summed E-state index contributed by atoms with van der Waals surface area (Å²) < 4.78 is 7.58. The summed E-state index contributed by atoms with van der Waals surface area (Å²) in [5.41, 5.74) is 0. The highest BCUT2D eigenvalue weighted by molar-refractivity contribution is 7.99. The lowest BCUT2D eigenvalue weighted by atomic mass is 10.2. The van der Waals surface area contributed by atoms with Crippen molar-refractivity contribution in [2.75, 3.05) is 5.75 Å². The third-order valence-electron chi connectivity index (χ3n) is 4.23. The molecule has 0 saturated heterocycles. The predicted molar refractivity (Wildman–Crippen MR) is 86.3 cm³/mol. The largest absolute Gasteiger partial charge is 0.467 e.